The SMILES string of the molecule is COCCn1nnnc1C(c1ccc(C)cc1)N1CCN(C2CCCCC2)CC1. The molecule has 1 atom stereocenters. The summed E-state index contributed by atoms with van der Waals surface area (Å²) in [4.78, 5) is 5.27. The summed E-state index contributed by atoms with van der Waals surface area (Å²) in [5.41, 5.74) is 2.53. The lowest BCUT2D eigenvalue weighted by Crippen LogP contribution is -2.52. The average molecular weight is 399 g/mol. The molecule has 0 amide bonds. The molecule has 1 aromatic carbocycles. The van der Waals surface area contributed by atoms with Crippen LogP contribution in [0.1, 0.15) is 55.1 Å². The van der Waals surface area contributed by atoms with E-state index in [1.54, 1.807) is 7.11 Å². The van der Waals surface area contributed by atoms with Crippen molar-refractivity contribution in [3.8, 4) is 0 Å². The molecule has 2 heterocycles. The Labute approximate surface area is 174 Å². The highest BCUT2D eigenvalue weighted by Gasteiger charge is 2.32. The Balaban J connectivity index is 1.53. The molecule has 158 valence electrons. The Hall–Kier alpha value is -1.83. The van der Waals surface area contributed by atoms with Crippen molar-refractivity contribution in [2.75, 3.05) is 39.9 Å². The molecule has 1 saturated carbocycles. The molecule has 7 nitrogen and oxygen atoms in total. The zero-order chi connectivity index (χ0) is 20.1. The van der Waals surface area contributed by atoms with E-state index in [2.05, 4.69) is 56.5 Å². The van der Waals surface area contributed by atoms with Crippen LogP contribution in [0.3, 0.4) is 0 Å². The number of benzene rings is 1. The third kappa shape index (κ3) is 4.85. The normalized spacial score (nSPS) is 20.8. The molecule has 1 aliphatic carbocycles. The van der Waals surface area contributed by atoms with E-state index in [9.17, 15) is 0 Å². The summed E-state index contributed by atoms with van der Waals surface area (Å²) in [5.74, 6) is 0.914. The molecule has 0 N–H and O–H groups in total. The predicted octanol–water partition coefficient (Wildman–Crippen LogP) is 2.67. The van der Waals surface area contributed by atoms with Crippen molar-refractivity contribution in [1.29, 1.82) is 0 Å². The maximum absolute atomic E-state index is 5.26. The maximum Gasteiger partial charge on any atom is 0.173 e. The van der Waals surface area contributed by atoms with Gasteiger partial charge in [-0.25, -0.2) is 4.68 Å². The number of tetrazole rings is 1. The number of piperazine rings is 1. The largest absolute Gasteiger partial charge is 0.383 e. The molecule has 0 bridgehead atoms. The molecule has 2 fully saturated rings. The van der Waals surface area contributed by atoms with E-state index in [1.807, 2.05) is 4.68 Å². The molecule has 7 heteroatoms. The van der Waals surface area contributed by atoms with E-state index in [0.29, 0.717) is 13.2 Å². The van der Waals surface area contributed by atoms with Gasteiger partial charge in [-0.1, -0.05) is 49.1 Å². The van der Waals surface area contributed by atoms with Crippen LogP contribution in [0.25, 0.3) is 0 Å². The van der Waals surface area contributed by atoms with Gasteiger partial charge >= 0.3 is 0 Å². The van der Waals surface area contributed by atoms with Crippen molar-refractivity contribution in [1.82, 2.24) is 30.0 Å². The van der Waals surface area contributed by atoms with Crippen molar-refractivity contribution in [3.05, 3.63) is 41.2 Å². The van der Waals surface area contributed by atoms with Gasteiger partial charge in [0.05, 0.1) is 19.2 Å². The van der Waals surface area contributed by atoms with Crippen LogP contribution in [0.5, 0.6) is 0 Å². The van der Waals surface area contributed by atoms with Crippen molar-refractivity contribution < 1.29 is 4.74 Å². The number of methoxy groups -OCH3 is 1. The number of aryl methyl sites for hydroxylation is 1. The fourth-order valence-corrected chi connectivity index (χ4v) is 4.82. The van der Waals surface area contributed by atoms with Crippen molar-refractivity contribution in [2.24, 2.45) is 0 Å². The molecule has 29 heavy (non-hydrogen) atoms. The molecule has 1 aliphatic heterocycles. The molecule has 2 aliphatic rings. The second-order valence-electron chi connectivity index (χ2n) is 8.43. The number of hydrogen-bond donors (Lipinski definition) is 0. The van der Waals surface area contributed by atoms with Crippen molar-refractivity contribution in [2.45, 2.75) is 57.7 Å². The highest BCUT2D eigenvalue weighted by atomic mass is 16.5. The Morgan fingerprint density at radius 3 is 2.45 bits per heavy atom. The zero-order valence-corrected chi connectivity index (χ0v) is 17.8. The van der Waals surface area contributed by atoms with Gasteiger partial charge in [-0.3, -0.25) is 9.80 Å². The zero-order valence-electron chi connectivity index (χ0n) is 17.8. The second-order valence-corrected chi connectivity index (χ2v) is 8.43. The van der Waals surface area contributed by atoms with E-state index >= 15 is 0 Å². The van der Waals surface area contributed by atoms with Crippen LogP contribution in [0, 0.1) is 6.92 Å². The number of ether oxygens (including phenoxy) is 1. The van der Waals surface area contributed by atoms with Crippen LogP contribution in [0.15, 0.2) is 24.3 Å². The minimum atomic E-state index is 0.0796. The molecule has 1 aromatic heterocycles. The van der Waals surface area contributed by atoms with Crippen LogP contribution >= 0.6 is 0 Å². The first-order valence-corrected chi connectivity index (χ1v) is 11.1. The fraction of sp³-hybridized carbons (Fsp3) is 0.682. The molecule has 1 saturated heterocycles. The summed E-state index contributed by atoms with van der Waals surface area (Å²) in [5, 5.41) is 12.7. The molecule has 1 unspecified atom stereocenters. The standard InChI is InChI=1S/C22H34N6O/c1-18-8-10-19(11-9-18)21(22-23-24-25-28(22)16-17-29-2)27-14-12-26(13-15-27)20-6-4-3-5-7-20/h8-11,20-21H,3-7,12-17H2,1-2H3. The third-order valence-corrected chi connectivity index (χ3v) is 6.51. The number of rotatable bonds is 7. The lowest BCUT2D eigenvalue weighted by atomic mass is 9.93. The van der Waals surface area contributed by atoms with Gasteiger partial charge in [0.15, 0.2) is 5.82 Å². The van der Waals surface area contributed by atoms with E-state index in [0.717, 1.165) is 38.0 Å². The van der Waals surface area contributed by atoms with Gasteiger partial charge in [-0.05, 0) is 35.8 Å². The predicted molar refractivity (Wildman–Crippen MR) is 113 cm³/mol. The monoisotopic (exact) mass is 398 g/mol. The molecule has 4 rings (SSSR count). The molecule has 0 radical (unpaired) electrons. The highest BCUT2D eigenvalue weighted by Crippen LogP contribution is 2.30. The summed E-state index contributed by atoms with van der Waals surface area (Å²) in [7, 11) is 1.71. The third-order valence-electron chi connectivity index (χ3n) is 6.51. The van der Waals surface area contributed by atoms with E-state index in [4.69, 9.17) is 4.74 Å². The van der Waals surface area contributed by atoms with Crippen molar-refractivity contribution in [3.63, 3.8) is 0 Å². The first-order valence-electron chi connectivity index (χ1n) is 11.1. The minimum absolute atomic E-state index is 0.0796. The molecule has 0 spiro atoms. The summed E-state index contributed by atoms with van der Waals surface area (Å²) in [6, 6.07) is 9.69. The molecular weight excluding hydrogens is 364 g/mol. The van der Waals surface area contributed by atoms with E-state index < -0.39 is 0 Å². The maximum atomic E-state index is 5.26. The minimum Gasteiger partial charge on any atom is -0.383 e. The van der Waals surface area contributed by atoms with E-state index in [1.165, 1.54) is 43.2 Å². The van der Waals surface area contributed by atoms with Gasteiger partial charge in [-0.15, -0.1) is 5.10 Å². The summed E-state index contributed by atoms with van der Waals surface area (Å²) in [6.07, 6.45) is 6.94. The topological polar surface area (TPSA) is 59.3 Å². The van der Waals surface area contributed by atoms with E-state index in [-0.39, 0.29) is 6.04 Å². The van der Waals surface area contributed by atoms with Gasteiger partial charge in [-0.2, -0.15) is 0 Å². The lowest BCUT2D eigenvalue weighted by molar-refractivity contribution is 0.0615. The summed E-state index contributed by atoms with van der Waals surface area (Å²) >= 11 is 0. The highest BCUT2D eigenvalue weighted by molar-refractivity contribution is 5.28. The van der Waals surface area contributed by atoms with Gasteiger partial charge < -0.3 is 4.74 Å². The Kier molecular flexibility index (Phi) is 6.90. The summed E-state index contributed by atoms with van der Waals surface area (Å²) < 4.78 is 7.17. The van der Waals surface area contributed by atoms with Crippen LogP contribution < -0.4 is 0 Å². The number of nitrogens with zero attached hydrogens (tertiary/aromatic N) is 6. The van der Waals surface area contributed by atoms with Crippen LogP contribution in [-0.2, 0) is 11.3 Å². The van der Waals surface area contributed by atoms with Crippen molar-refractivity contribution >= 4 is 0 Å². The quantitative estimate of drug-likeness (QED) is 0.715. The molecule has 2 aromatic rings. The number of hydrogen-bond acceptors (Lipinski definition) is 6. The van der Waals surface area contributed by atoms with Gasteiger partial charge in [0.2, 0.25) is 0 Å². The lowest BCUT2D eigenvalue weighted by Gasteiger charge is -2.43. The van der Waals surface area contributed by atoms with Crippen LogP contribution in [0.2, 0.25) is 0 Å². The van der Waals surface area contributed by atoms with Gasteiger partial charge in [0.25, 0.3) is 0 Å². The van der Waals surface area contributed by atoms with Crippen LogP contribution in [0.4, 0.5) is 0 Å². The smallest absolute Gasteiger partial charge is 0.173 e. The average Bonchev–Trinajstić information content (AvgIpc) is 3.23. The molecular formula is C22H34N6O. The first-order chi connectivity index (χ1) is 14.3. The Bertz CT molecular complexity index is 747. The number of aromatic nitrogens is 4. The Morgan fingerprint density at radius 1 is 1.03 bits per heavy atom. The van der Waals surface area contributed by atoms with Crippen LogP contribution in [-0.4, -0.2) is 75.9 Å². The first kappa shape index (κ1) is 20.4. The second kappa shape index (κ2) is 9.78. The Morgan fingerprint density at radius 2 is 1.76 bits per heavy atom. The van der Waals surface area contributed by atoms with Gasteiger partial charge in [0, 0.05) is 39.3 Å². The fourth-order valence-electron chi connectivity index (χ4n) is 4.82. The summed E-state index contributed by atoms with van der Waals surface area (Å²) in [6.45, 7) is 7.76. The van der Waals surface area contributed by atoms with Gasteiger partial charge in [0.1, 0.15) is 0 Å².